The highest BCUT2D eigenvalue weighted by Gasteiger charge is 2.20. The van der Waals surface area contributed by atoms with Gasteiger partial charge in [0, 0.05) is 24.2 Å². The van der Waals surface area contributed by atoms with Crippen LogP contribution in [0.5, 0.6) is 0 Å². The average Bonchev–Trinajstić information content (AvgIpc) is 2.92. The number of hydrogen-bond acceptors (Lipinski definition) is 3. The lowest BCUT2D eigenvalue weighted by Gasteiger charge is -2.22. The smallest absolute Gasteiger partial charge is 0.234 e. The van der Waals surface area contributed by atoms with Gasteiger partial charge in [-0.3, -0.25) is 9.69 Å². The number of nitrogens with one attached hydrogen (secondary N) is 2. The fourth-order valence-corrected chi connectivity index (χ4v) is 2.68. The van der Waals surface area contributed by atoms with E-state index in [4.69, 9.17) is 11.6 Å². The maximum absolute atomic E-state index is 11.9. The Hall–Kier alpha value is -1.10. The summed E-state index contributed by atoms with van der Waals surface area (Å²) in [7, 11) is 2.01. The Labute approximate surface area is 125 Å². The molecular weight excluding hydrogens is 274 g/mol. The number of carbonyl (C=O) groups is 1. The lowest BCUT2D eigenvalue weighted by Crippen LogP contribution is -2.41. The Morgan fingerprint density at radius 2 is 2.40 bits per heavy atom. The van der Waals surface area contributed by atoms with Crippen LogP contribution in [0.25, 0.3) is 0 Å². The lowest BCUT2D eigenvalue weighted by atomic mass is 10.1. The van der Waals surface area contributed by atoms with Gasteiger partial charge < -0.3 is 10.6 Å². The van der Waals surface area contributed by atoms with Crippen molar-refractivity contribution in [2.24, 2.45) is 0 Å². The Bertz CT molecular complexity index is 446. The number of halogens is 1. The summed E-state index contributed by atoms with van der Waals surface area (Å²) in [5, 5.41) is 7.01. The molecular formula is C15H22ClN3O. The van der Waals surface area contributed by atoms with Crippen molar-refractivity contribution in [1.82, 2.24) is 15.5 Å². The molecule has 1 atom stereocenters. The van der Waals surface area contributed by atoms with Crippen LogP contribution in [0.4, 0.5) is 0 Å². The van der Waals surface area contributed by atoms with Crippen LogP contribution in [0, 0.1) is 0 Å². The van der Waals surface area contributed by atoms with Crippen molar-refractivity contribution in [3.05, 3.63) is 34.9 Å². The molecule has 1 fully saturated rings. The molecule has 5 heteroatoms. The van der Waals surface area contributed by atoms with Gasteiger partial charge >= 0.3 is 0 Å². The SMILES string of the molecule is CN(CC(=O)NCCc1cccc(Cl)c1)C1CCNC1. The molecule has 0 bridgehead atoms. The third-order valence-corrected chi connectivity index (χ3v) is 3.91. The van der Waals surface area contributed by atoms with E-state index in [1.165, 1.54) is 0 Å². The maximum Gasteiger partial charge on any atom is 0.234 e. The Balaban J connectivity index is 1.67. The van der Waals surface area contributed by atoms with Crippen molar-refractivity contribution in [2.45, 2.75) is 18.9 Å². The number of benzene rings is 1. The number of hydrogen-bond donors (Lipinski definition) is 2. The molecule has 2 N–H and O–H groups in total. The largest absolute Gasteiger partial charge is 0.355 e. The molecule has 0 saturated carbocycles. The lowest BCUT2D eigenvalue weighted by molar-refractivity contribution is -0.122. The molecule has 1 aromatic rings. The number of carbonyl (C=O) groups excluding carboxylic acids is 1. The number of nitrogens with zero attached hydrogens (tertiary/aromatic N) is 1. The first kappa shape index (κ1) is 15.3. The molecule has 0 radical (unpaired) electrons. The van der Waals surface area contributed by atoms with E-state index in [0.717, 1.165) is 36.5 Å². The third-order valence-electron chi connectivity index (χ3n) is 3.68. The summed E-state index contributed by atoms with van der Waals surface area (Å²) in [6.45, 7) is 3.13. The first-order chi connectivity index (χ1) is 9.65. The summed E-state index contributed by atoms with van der Waals surface area (Å²) < 4.78 is 0. The summed E-state index contributed by atoms with van der Waals surface area (Å²) in [4.78, 5) is 14.0. The van der Waals surface area contributed by atoms with Crippen molar-refractivity contribution < 1.29 is 4.79 Å². The van der Waals surface area contributed by atoms with Crippen molar-refractivity contribution in [2.75, 3.05) is 33.2 Å². The highest BCUT2D eigenvalue weighted by atomic mass is 35.5. The molecule has 1 saturated heterocycles. The zero-order valence-electron chi connectivity index (χ0n) is 11.9. The quantitative estimate of drug-likeness (QED) is 0.831. The van der Waals surface area contributed by atoms with E-state index in [-0.39, 0.29) is 5.91 Å². The molecule has 1 heterocycles. The average molecular weight is 296 g/mol. The molecule has 1 aliphatic rings. The van der Waals surface area contributed by atoms with Crippen LogP contribution in [-0.4, -0.2) is 50.1 Å². The van der Waals surface area contributed by atoms with E-state index >= 15 is 0 Å². The summed E-state index contributed by atoms with van der Waals surface area (Å²) in [6, 6.07) is 8.22. The summed E-state index contributed by atoms with van der Waals surface area (Å²) in [6.07, 6.45) is 1.92. The van der Waals surface area contributed by atoms with Gasteiger partial charge in [0.15, 0.2) is 0 Å². The Morgan fingerprint density at radius 3 is 3.10 bits per heavy atom. The Morgan fingerprint density at radius 1 is 1.55 bits per heavy atom. The van der Waals surface area contributed by atoms with Gasteiger partial charge in [-0.05, 0) is 44.1 Å². The first-order valence-electron chi connectivity index (χ1n) is 7.07. The zero-order chi connectivity index (χ0) is 14.4. The second-order valence-corrected chi connectivity index (χ2v) is 5.73. The molecule has 0 aliphatic carbocycles. The molecule has 0 aromatic heterocycles. The predicted molar refractivity (Wildman–Crippen MR) is 82.1 cm³/mol. The molecule has 1 aromatic carbocycles. The van der Waals surface area contributed by atoms with Gasteiger partial charge in [-0.25, -0.2) is 0 Å². The third kappa shape index (κ3) is 4.78. The molecule has 1 amide bonds. The number of likely N-dealkylation sites (N-methyl/N-ethyl adjacent to an activating group) is 1. The van der Waals surface area contributed by atoms with Crippen molar-refractivity contribution >= 4 is 17.5 Å². The van der Waals surface area contributed by atoms with Gasteiger partial charge in [0.25, 0.3) is 0 Å². The monoisotopic (exact) mass is 295 g/mol. The fraction of sp³-hybridized carbons (Fsp3) is 0.533. The molecule has 0 spiro atoms. The number of amides is 1. The van der Waals surface area contributed by atoms with E-state index in [2.05, 4.69) is 15.5 Å². The van der Waals surface area contributed by atoms with Gasteiger partial charge in [0.05, 0.1) is 6.54 Å². The van der Waals surface area contributed by atoms with Gasteiger partial charge in [-0.2, -0.15) is 0 Å². The van der Waals surface area contributed by atoms with E-state index in [0.29, 0.717) is 19.1 Å². The molecule has 4 nitrogen and oxygen atoms in total. The molecule has 1 aliphatic heterocycles. The van der Waals surface area contributed by atoms with Crippen LogP contribution in [0.2, 0.25) is 5.02 Å². The van der Waals surface area contributed by atoms with Crippen LogP contribution in [-0.2, 0) is 11.2 Å². The highest BCUT2D eigenvalue weighted by molar-refractivity contribution is 6.30. The topological polar surface area (TPSA) is 44.4 Å². The van der Waals surface area contributed by atoms with Crippen LogP contribution < -0.4 is 10.6 Å². The normalized spacial score (nSPS) is 18.4. The minimum atomic E-state index is 0.0847. The second-order valence-electron chi connectivity index (χ2n) is 5.29. The maximum atomic E-state index is 11.9. The summed E-state index contributed by atoms with van der Waals surface area (Å²) in [5.41, 5.74) is 1.14. The molecule has 2 rings (SSSR count). The summed E-state index contributed by atoms with van der Waals surface area (Å²) >= 11 is 5.93. The van der Waals surface area contributed by atoms with Gasteiger partial charge in [-0.15, -0.1) is 0 Å². The van der Waals surface area contributed by atoms with Gasteiger partial charge in [0.2, 0.25) is 5.91 Å². The van der Waals surface area contributed by atoms with Crippen LogP contribution in [0.1, 0.15) is 12.0 Å². The molecule has 110 valence electrons. The van der Waals surface area contributed by atoms with Crippen LogP contribution in [0.3, 0.4) is 0 Å². The predicted octanol–water partition coefficient (Wildman–Crippen LogP) is 1.29. The first-order valence-corrected chi connectivity index (χ1v) is 7.45. The summed E-state index contributed by atoms with van der Waals surface area (Å²) in [5.74, 6) is 0.0847. The van der Waals surface area contributed by atoms with Crippen LogP contribution >= 0.6 is 11.6 Å². The fourth-order valence-electron chi connectivity index (χ4n) is 2.47. The zero-order valence-corrected chi connectivity index (χ0v) is 12.6. The number of rotatable bonds is 6. The Kier molecular flexibility index (Phi) is 5.83. The van der Waals surface area contributed by atoms with Gasteiger partial charge in [-0.1, -0.05) is 23.7 Å². The van der Waals surface area contributed by atoms with E-state index in [1.54, 1.807) is 0 Å². The van der Waals surface area contributed by atoms with E-state index in [9.17, 15) is 4.79 Å². The molecule has 20 heavy (non-hydrogen) atoms. The second kappa shape index (κ2) is 7.62. The van der Waals surface area contributed by atoms with E-state index < -0.39 is 0 Å². The van der Waals surface area contributed by atoms with Gasteiger partial charge in [0.1, 0.15) is 0 Å². The van der Waals surface area contributed by atoms with E-state index in [1.807, 2.05) is 31.3 Å². The highest BCUT2D eigenvalue weighted by Crippen LogP contribution is 2.10. The van der Waals surface area contributed by atoms with Crippen molar-refractivity contribution in [3.8, 4) is 0 Å². The minimum Gasteiger partial charge on any atom is -0.355 e. The standard InChI is InChI=1S/C15H22ClN3O/c1-19(14-6-7-17-10-14)11-15(20)18-8-5-12-3-2-4-13(16)9-12/h2-4,9,14,17H,5-8,10-11H2,1H3,(H,18,20). The van der Waals surface area contributed by atoms with Crippen LogP contribution in [0.15, 0.2) is 24.3 Å². The van der Waals surface area contributed by atoms with Crippen molar-refractivity contribution in [3.63, 3.8) is 0 Å². The minimum absolute atomic E-state index is 0.0847. The van der Waals surface area contributed by atoms with Crippen molar-refractivity contribution in [1.29, 1.82) is 0 Å². The molecule has 1 unspecified atom stereocenters.